The summed E-state index contributed by atoms with van der Waals surface area (Å²) in [4.78, 5) is 22.3. The molecule has 0 aromatic carbocycles. The lowest BCUT2D eigenvalue weighted by atomic mass is 10.2. The van der Waals surface area contributed by atoms with E-state index in [0.29, 0.717) is 0 Å². The second-order valence-electron chi connectivity index (χ2n) is 2.75. The Balaban J connectivity index is 2.70. The van der Waals surface area contributed by atoms with Crippen LogP contribution in [0.1, 0.15) is 17.4 Å². The van der Waals surface area contributed by atoms with Crippen LogP contribution in [-0.2, 0) is 14.3 Å². The van der Waals surface area contributed by atoms with E-state index < -0.39 is 18.0 Å². The third-order valence-electron chi connectivity index (χ3n) is 1.62. The van der Waals surface area contributed by atoms with Gasteiger partial charge in [-0.05, 0) is 11.4 Å². The fourth-order valence-corrected chi connectivity index (χ4v) is 1.86. The minimum absolute atomic E-state index is 0.0541. The van der Waals surface area contributed by atoms with Crippen LogP contribution in [0.5, 0.6) is 0 Å². The highest BCUT2D eigenvalue weighted by Crippen LogP contribution is 2.25. The van der Waals surface area contributed by atoms with Crippen molar-refractivity contribution in [3.05, 3.63) is 22.4 Å². The number of thiol groups is 1. The average Bonchev–Trinajstić information content (AvgIpc) is 2.68. The summed E-state index contributed by atoms with van der Waals surface area (Å²) in [5.74, 6) is -1.57. The van der Waals surface area contributed by atoms with E-state index in [-0.39, 0.29) is 12.2 Å². The minimum Gasteiger partial charge on any atom is -0.481 e. The first-order valence-electron chi connectivity index (χ1n) is 4.19. The van der Waals surface area contributed by atoms with Gasteiger partial charge in [0.1, 0.15) is 6.10 Å². The number of carbonyl (C=O) groups excluding carboxylic acids is 1. The van der Waals surface area contributed by atoms with E-state index in [1.807, 2.05) is 0 Å². The molecule has 0 aliphatic carbocycles. The highest BCUT2D eigenvalue weighted by Gasteiger charge is 2.20. The van der Waals surface area contributed by atoms with Crippen LogP contribution in [0.15, 0.2) is 17.5 Å². The lowest BCUT2D eigenvalue weighted by Crippen LogP contribution is -2.14. The summed E-state index contributed by atoms with van der Waals surface area (Å²) in [7, 11) is 0. The van der Waals surface area contributed by atoms with Crippen LogP contribution in [0.2, 0.25) is 0 Å². The van der Waals surface area contributed by atoms with Crippen LogP contribution in [0.4, 0.5) is 0 Å². The zero-order valence-corrected chi connectivity index (χ0v) is 9.46. The van der Waals surface area contributed by atoms with Gasteiger partial charge in [0.2, 0.25) is 0 Å². The molecule has 0 amide bonds. The molecule has 1 heterocycles. The molecule has 15 heavy (non-hydrogen) atoms. The Morgan fingerprint density at radius 3 is 2.80 bits per heavy atom. The molecule has 1 rings (SSSR count). The average molecular weight is 246 g/mol. The molecule has 82 valence electrons. The molecule has 1 N–H and O–H groups in total. The molecule has 0 saturated carbocycles. The molecule has 4 nitrogen and oxygen atoms in total. The summed E-state index contributed by atoms with van der Waals surface area (Å²) in [5, 5.41) is 10.5. The predicted octanol–water partition coefficient (Wildman–Crippen LogP) is 1.74. The molecule has 0 aliphatic heterocycles. The third kappa shape index (κ3) is 3.93. The number of hydrogen-bond acceptors (Lipinski definition) is 5. The standard InChI is InChI=1S/C9H10O4S2/c10-8(11)4-6(13-9(12)5-14)7-2-1-3-15-7/h1-3,6,14H,4-5H2,(H,10,11). The maximum atomic E-state index is 11.0. The van der Waals surface area contributed by atoms with Gasteiger partial charge in [0.15, 0.2) is 0 Å². The van der Waals surface area contributed by atoms with Gasteiger partial charge in [-0.1, -0.05) is 6.07 Å². The number of aliphatic carboxylic acids is 1. The van der Waals surface area contributed by atoms with Gasteiger partial charge in [-0.2, -0.15) is 12.6 Å². The Morgan fingerprint density at radius 2 is 2.33 bits per heavy atom. The Kier molecular flexibility index (Phi) is 4.64. The van der Waals surface area contributed by atoms with Crippen molar-refractivity contribution in [2.45, 2.75) is 12.5 Å². The van der Waals surface area contributed by atoms with Crippen molar-refractivity contribution in [3.63, 3.8) is 0 Å². The fraction of sp³-hybridized carbons (Fsp3) is 0.333. The van der Waals surface area contributed by atoms with Crippen molar-refractivity contribution in [3.8, 4) is 0 Å². The molecule has 1 unspecified atom stereocenters. The van der Waals surface area contributed by atoms with Gasteiger partial charge >= 0.3 is 11.9 Å². The lowest BCUT2D eigenvalue weighted by Gasteiger charge is -2.13. The summed E-state index contributed by atoms with van der Waals surface area (Å²) in [6, 6.07) is 3.52. The van der Waals surface area contributed by atoms with Gasteiger partial charge in [-0.3, -0.25) is 9.59 Å². The molecule has 0 saturated heterocycles. The number of carboxylic acid groups (broad SMARTS) is 1. The highest BCUT2D eigenvalue weighted by atomic mass is 32.1. The van der Waals surface area contributed by atoms with Gasteiger partial charge in [0, 0.05) is 4.88 Å². The van der Waals surface area contributed by atoms with Crippen molar-refractivity contribution >= 4 is 35.9 Å². The number of carboxylic acids is 1. The molecule has 1 atom stereocenters. The summed E-state index contributed by atoms with van der Waals surface area (Å²) < 4.78 is 4.97. The fourth-order valence-electron chi connectivity index (χ4n) is 1.03. The topological polar surface area (TPSA) is 63.6 Å². The number of thiophene rings is 1. The van der Waals surface area contributed by atoms with Crippen molar-refractivity contribution in [2.75, 3.05) is 5.75 Å². The second-order valence-corrected chi connectivity index (χ2v) is 4.05. The van der Waals surface area contributed by atoms with Crippen LogP contribution in [0, 0.1) is 0 Å². The molecular weight excluding hydrogens is 236 g/mol. The largest absolute Gasteiger partial charge is 0.481 e. The predicted molar refractivity (Wildman–Crippen MR) is 59.3 cm³/mol. The van der Waals surface area contributed by atoms with E-state index in [0.717, 1.165) is 4.88 Å². The molecule has 6 heteroatoms. The van der Waals surface area contributed by atoms with Crippen LogP contribution in [0.3, 0.4) is 0 Å². The smallest absolute Gasteiger partial charge is 0.316 e. The van der Waals surface area contributed by atoms with Crippen LogP contribution in [0.25, 0.3) is 0 Å². The van der Waals surface area contributed by atoms with Crippen molar-refractivity contribution in [1.82, 2.24) is 0 Å². The van der Waals surface area contributed by atoms with Gasteiger partial charge < -0.3 is 9.84 Å². The second kappa shape index (κ2) is 5.77. The van der Waals surface area contributed by atoms with Gasteiger partial charge in [0.25, 0.3) is 0 Å². The SMILES string of the molecule is O=C(O)CC(OC(=O)CS)c1cccs1. The lowest BCUT2D eigenvalue weighted by molar-refractivity contribution is -0.150. The number of rotatable bonds is 5. The molecular formula is C9H10O4S2. The summed E-state index contributed by atoms with van der Waals surface area (Å²) in [6.45, 7) is 0. The molecule has 0 aliphatic rings. The van der Waals surface area contributed by atoms with E-state index in [2.05, 4.69) is 12.6 Å². The first kappa shape index (κ1) is 12.1. The summed E-state index contributed by atoms with van der Waals surface area (Å²) >= 11 is 5.12. The third-order valence-corrected chi connectivity index (χ3v) is 2.85. The number of carbonyl (C=O) groups is 2. The quantitative estimate of drug-likeness (QED) is 0.613. The number of hydrogen-bond donors (Lipinski definition) is 2. The Bertz CT molecular complexity index is 334. The van der Waals surface area contributed by atoms with E-state index in [9.17, 15) is 9.59 Å². The zero-order valence-electron chi connectivity index (χ0n) is 7.75. The van der Waals surface area contributed by atoms with E-state index in [1.165, 1.54) is 11.3 Å². The highest BCUT2D eigenvalue weighted by molar-refractivity contribution is 7.81. The van der Waals surface area contributed by atoms with Crippen molar-refractivity contribution < 1.29 is 19.4 Å². The molecule has 0 spiro atoms. The summed E-state index contributed by atoms with van der Waals surface area (Å²) in [6.07, 6.45) is -0.929. The van der Waals surface area contributed by atoms with Gasteiger partial charge in [-0.25, -0.2) is 0 Å². The Hall–Kier alpha value is -1.01. The normalized spacial score (nSPS) is 12.1. The van der Waals surface area contributed by atoms with E-state index >= 15 is 0 Å². The number of esters is 1. The first-order chi connectivity index (χ1) is 7.13. The van der Waals surface area contributed by atoms with Crippen molar-refractivity contribution in [1.29, 1.82) is 0 Å². The maximum Gasteiger partial charge on any atom is 0.316 e. The molecule has 1 aromatic rings. The maximum absolute atomic E-state index is 11.0. The van der Waals surface area contributed by atoms with Crippen LogP contribution < -0.4 is 0 Å². The van der Waals surface area contributed by atoms with Crippen molar-refractivity contribution in [2.24, 2.45) is 0 Å². The molecule has 0 bridgehead atoms. The molecule has 1 aromatic heterocycles. The Labute approximate surface area is 96.3 Å². The van der Waals surface area contributed by atoms with Crippen LogP contribution >= 0.6 is 24.0 Å². The summed E-state index contributed by atoms with van der Waals surface area (Å²) in [5.41, 5.74) is 0. The minimum atomic E-state index is -1.000. The Morgan fingerprint density at radius 1 is 1.60 bits per heavy atom. The number of ether oxygens (including phenoxy) is 1. The van der Waals surface area contributed by atoms with E-state index in [4.69, 9.17) is 9.84 Å². The van der Waals surface area contributed by atoms with E-state index in [1.54, 1.807) is 17.5 Å². The molecule has 0 radical (unpaired) electrons. The van der Waals surface area contributed by atoms with Crippen LogP contribution in [-0.4, -0.2) is 22.8 Å². The first-order valence-corrected chi connectivity index (χ1v) is 5.70. The zero-order chi connectivity index (χ0) is 11.3. The molecule has 0 fully saturated rings. The van der Waals surface area contributed by atoms with Gasteiger partial charge in [-0.15, -0.1) is 11.3 Å². The van der Waals surface area contributed by atoms with Gasteiger partial charge in [0.05, 0.1) is 12.2 Å². The monoisotopic (exact) mass is 246 g/mol.